The fourth-order valence-corrected chi connectivity index (χ4v) is 2.49. The Balaban J connectivity index is 0.00000162. The van der Waals surface area contributed by atoms with Crippen molar-refractivity contribution in [2.45, 2.75) is 25.4 Å². The summed E-state index contributed by atoms with van der Waals surface area (Å²) in [6.45, 7) is 2.08. The van der Waals surface area contributed by atoms with E-state index >= 15 is 0 Å². The summed E-state index contributed by atoms with van der Waals surface area (Å²) in [5.74, 6) is 0.406. The normalized spacial score (nSPS) is 17.3. The quantitative estimate of drug-likeness (QED) is 0.732. The molecule has 1 aromatic rings. The second kappa shape index (κ2) is 6.43. The first-order chi connectivity index (χ1) is 8.07. The van der Waals surface area contributed by atoms with Crippen molar-refractivity contribution in [3.63, 3.8) is 0 Å². The minimum absolute atomic E-state index is 0. The fraction of sp³-hybridized carbons (Fsp3) is 0.538. The van der Waals surface area contributed by atoms with E-state index in [9.17, 15) is 13.2 Å². The van der Waals surface area contributed by atoms with Crippen molar-refractivity contribution in [2.24, 2.45) is 5.92 Å². The van der Waals surface area contributed by atoms with E-state index in [1.807, 2.05) is 0 Å². The monoisotopic (exact) mass is 279 g/mol. The van der Waals surface area contributed by atoms with Gasteiger partial charge in [0.05, 0.1) is 18.7 Å². The van der Waals surface area contributed by atoms with Gasteiger partial charge in [-0.2, -0.15) is 13.2 Å². The molecule has 18 heavy (non-hydrogen) atoms. The van der Waals surface area contributed by atoms with Crippen LogP contribution in [-0.2, 0) is 12.6 Å². The van der Waals surface area contributed by atoms with Crippen LogP contribution in [0.1, 0.15) is 24.0 Å². The van der Waals surface area contributed by atoms with Crippen LogP contribution >= 0.6 is 0 Å². The van der Waals surface area contributed by atoms with Crippen LogP contribution in [0, 0.1) is 5.92 Å². The van der Waals surface area contributed by atoms with E-state index in [-0.39, 0.29) is 12.4 Å². The molecule has 5 heteroatoms. The van der Waals surface area contributed by atoms with Gasteiger partial charge in [0.25, 0.3) is 0 Å². The zero-order valence-electron chi connectivity index (χ0n) is 10.0. The number of benzene rings is 1. The molecule has 0 aliphatic carbocycles. The average molecular weight is 280 g/mol. The molecule has 0 amide bonds. The van der Waals surface area contributed by atoms with Gasteiger partial charge in [-0.1, -0.05) is 18.2 Å². The van der Waals surface area contributed by atoms with Crippen molar-refractivity contribution in [1.82, 2.24) is 0 Å². The van der Waals surface area contributed by atoms with E-state index in [1.54, 1.807) is 12.1 Å². The maximum absolute atomic E-state index is 12.8. The van der Waals surface area contributed by atoms with Crippen LogP contribution in [-0.4, -0.2) is 13.1 Å². The van der Waals surface area contributed by atoms with Crippen molar-refractivity contribution in [2.75, 3.05) is 13.1 Å². The Morgan fingerprint density at radius 1 is 1.11 bits per heavy atom. The smallest absolute Gasteiger partial charge is 0.416 e. The minimum Gasteiger partial charge on any atom is -1.00 e. The molecule has 0 saturated carbocycles. The predicted molar refractivity (Wildman–Crippen MR) is 59.5 cm³/mol. The highest BCUT2D eigenvalue weighted by molar-refractivity contribution is 5.30. The Morgan fingerprint density at radius 2 is 1.72 bits per heavy atom. The second-order valence-corrected chi connectivity index (χ2v) is 4.67. The summed E-state index contributed by atoms with van der Waals surface area (Å²) in [6.07, 6.45) is -1.63. The first-order valence-corrected chi connectivity index (χ1v) is 6.04. The highest BCUT2D eigenvalue weighted by atomic mass is 35.5. The Labute approximate surface area is 111 Å². The van der Waals surface area contributed by atoms with Crippen LogP contribution in [0.15, 0.2) is 24.3 Å². The van der Waals surface area contributed by atoms with E-state index in [4.69, 9.17) is 0 Å². The molecule has 1 saturated heterocycles. The van der Waals surface area contributed by atoms with E-state index in [0.717, 1.165) is 25.9 Å². The molecule has 0 atom stereocenters. The van der Waals surface area contributed by atoms with Gasteiger partial charge in [-0.05, 0) is 36.8 Å². The SMILES string of the molecule is FC(F)(F)c1ccccc1CC1CC[NH2+]CC1.[Cl-]. The van der Waals surface area contributed by atoms with Crippen molar-refractivity contribution in [1.29, 1.82) is 0 Å². The lowest BCUT2D eigenvalue weighted by atomic mass is 9.89. The average Bonchev–Trinajstić information content (AvgIpc) is 2.30. The Hall–Kier alpha value is -0.740. The maximum atomic E-state index is 12.8. The number of quaternary nitrogens is 1. The molecule has 0 aromatic heterocycles. The van der Waals surface area contributed by atoms with E-state index in [2.05, 4.69) is 5.32 Å². The summed E-state index contributed by atoms with van der Waals surface area (Å²) in [7, 11) is 0. The third-order valence-electron chi connectivity index (χ3n) is 3.39. The summed E-state index contributed by atoms with van der Waals surface area (Å²) in [5, 5.41) is 2.23. The van der Waals surface area contributed by atoms with E-state index in [1.165, 1.54) is 12.1 Å². The number of hydrogen-bond acceptors (Lipinski definition) is 0. The summed E-state index contributed by atoms with van der Waals surface area (Å²) in [5.41, 5.74) is -0.0125. The van der Waals surface area contributed by atoms with Crippen LogP contribution in [0.4, 0.5) is 13.2 Å². The second-order valence-electron chi connectivity index (χ2n) is 4.67. The third kappa shape index (κ3) is 3.89. The van der Waals surface area contributed by atoms with Gasteiger partial charge < -0.3 is 17.7 Å². The molecule has 1 nitrogen and oxygen atoms in total. The molecule has 1 heterocycles. The van der Waals surface area contributed by atoms with Gasteiger partial charge in [-0.25, -0.2) is 0 Å². The number of nitrogens with two attached hydrogens (primary N) is 1. The Bertz CT molecular complexity index is 373. The van der Waals surface area contributed by atoms with Gasteiger partial charge in [0.1, 0.15) is 0 Å². The number of alkyl halides is 3. The Kier molecular flexibility index (Phi) is 5.47. The Morgan fingerprint density at radius 3 is 2.33 bits per heavy atom. The summed E-state index contributed by atoms with van der Waals surface area (Å²) in [6, 6.07) is 5.95. The fourth-order valence-electron chi connectivity index (χ4n) is 2.49. The van der Waals surface area contributed by atoms with Crippen LogP contribution in [0.25, 0.3) is 0 Å². The first-order valence-electron chi connectivity index (χ1n) is 6.04. The lowest BCUT2D eigenvalue weighted by Gasteiger charge is -2.22. The van der Waals surface area contributed by atoms with E-state index < -0.39 is 11.7 Å². The van der Waals surface area contributed by atoms with Crippen molar-refractivity contribution in [3.8, 4) is 0 Å². The maximum Gasteiger partial charge on any atom is 0.416 e. The van der Waals surface area contributed by atoms with Gasteiger partial charge in [0, 0.05) is 0 Å². The number of rotatable bonds is 2. The first kappa shape index (κ1) is 15.3. The molecule has 0 spiro atoms. The highest BCUT2D eigenvalue weighted by Crippen LogP contribution is 2.33. The summed E-state index contributed by atoms with van der Waals surface area (Å²) >= 11 is 0. The molecular formula is C13H17ClF3N. The largest absolute Gasteiger partial charge is 1.00 e. The molecule has 2 rings (SSSR count). The molecular weight excluding hydrogens is 263 g/mol. The van der Waals surface area contributed by atoms with E-state index in [0.29, 0.717) is 17.9 Å². The van der Waals surface area contributed by atoms with Crippen LogP contribution in [0.2, 0.25) is 0 Å². The van der Waals surface area contributed by atoms with Crippen molar-refractivity contribution < 1.29 is 30.9 Å². The zero-order valence-corrected chi connectivity index (χ0v) is 10.8. The topological polar surface area (TPSA) is 16.6 Å². The molecule has 1 aliphatic heterocycles. The molecule has 2 N–H and O–H groups in total. The van der Waals surface area contributed by atoms with Gasteiger partial charge >= 0.3 is 6.18 Å². The van der Waals surface area contributed by atoms with Crippen LogP contribution in [0.3, 0.4) is 0 Å². The van der Waals surface area contributed by atoms with Crippen molar-refractivity contribution in [3.05, 3.63) is 35.4 Å². The number of piperidine rings is 1. The van der Waals surface area contributed by atoms with Gasteiger partial charge in [-0.15, -0.1) is 0 Å². The lowest BCUT2D eigenvalue weighted by Crippen LogP contribution is -3.00. The van der Waals surface area contributed by atoms with Crippen LogP contribution < -0.4 is 17.7 Å². The molecule has 102 valence electrons. The molecule has 0 bridgehead atoms. The third-order valence-corrected chi connectivity index (χ3v) is 3.39. The standard InChI is InChI=1S/C13H16F3N.ClH/c14-13(15,16)12-4-2-1-3-11(12)9-10-5-7-17-8-6-10;/h1-4,10,17H,5-9H2;1H. The van der Waals surface area contributed by atoms with Gasteiger partial charge in [-0.3, -0.25) is 0 Å². The number of hydrogen-bond donors (Lipinski definition) is 1. The summed E-state index contributed by atoms with van der Waals surface area (Å²) < 4.78 is 38.4. The molecule has 1 fully saturated rings. The molecule has 1 aromatic carbocycles. The van der Waals surface area contributed by atoms with Gasteiger partial charge in [0.2, 0.25) is 0 Å². The predicted octanol–water partition coefficient (Wildman–Crippen LogP) is -0.775. The van der Waals surface area contributed by atoms with Crippen molar-refractivity contribution >= 4 is 0 Å². The number of halogens is 4. The minimum atomic E-state index is -4.22. The van der Waals surface area contributed by atoms with Gasteiger partial charge in [0.15, 0.2) is 0 Å². The van der Waals surface area contributed by atoms with Crippen LogP contribution in [0.5, 0.6) is 0 Å². The zero-order chi connectivity index (χ0) is 12.3. The molecule has 0 unspecified atom stereocenters. The highest BCUT2D eigenvalue weighted by Gasteiger charge is 2.33. The summed E-state index contributed by atoms with van der Waals surface area (Å²) in [4.78, 5) is 0. The molecule has 1 aliphatic rings. The lowest BCUT2D eigenvalue weighted by molar-refractivity contribution is -0.664. The molecule has 0 radical (unpaired) electrons.